The van der Waals surface area contributed by atoms with Crippen LogP contribution < -0.4 is 11.1 Å². The van der Waals surface area contributed by atoms with E-state index in [2.05, 4.69) is 17.4 Å². The summed E-state index contributed by atoms with van der Waals surface area (Å²) in [5.41, 5.74) is 7.77. The summed E-state index contributed by atoms with van der Waals surface area (Å²) in [6.07, 6.45) is 0. The van der Waals surface area contributed by atoms with Crippen LogP contribution in [0.3, 0.4) is 0 Å². The molecule has 0 fully saturated rings. The number of hydrogen-bond donors (Lipinski definition) is 2. The van der Waals surface area contributed by atoms with Crippen LogP contribution in [0.4, 0.5) is 11.4 Å². The quantitative estimate of drug-likeness (QED) is 0.648. The highest BCUT2D eigenvalue weighted by atomic mass is 14.8. The molecule has 0 spiro atoms. The van der Waals surface area contributed by atoms with Crippen LogP contribution in [0.25, 0.3) is 10.8 Å². The fourth-order valence-corrected chi connectivity index (χ4v) is 1.46. The highest BCUT2D eigenvalue weighted by Gasteiger charge is 1.96. The van der Waals surface area contributed by atoms with Gasteiger partial charge < -0.3 is 11.1 Å². The Bertz CT molecular complexity index is 435. The first-order valence-electron chi connectivity index (χ1n) is 4.27. The Balaban J connectivity index is 2.72. The van der Waals surface area contributed by atoms with E-state index < -0.39 is 0 Å². The molecule has 0 atom stereocenters. The van der Waals surface area contributed by atoms with Gasteiger partial charge in [0.2, 0.25) is 0 Å². The number of nitrogen functional groups attached to an aromatic ring is 1. The zero-order chi connectivity index (χ0) is 9.26. The third-order valence-electron chi connectivity index (χ3n) is 2.20. The average Bonchev–Trinajstić information content (AvgIpc) is 2.18. The van der Waals surface area contributed by atoms with Gasteiger partial charge in [0.15, 0.2) is 0 Å². The van der Waals surface area contributed by atoms with E-state index in [-0.39, 0.29) is 0 Å². The highest BCUT2D eigenvalue weighted by molar-refractivity contribution is 5.94. The fraction of sp³-hybridized carbons (Fsp3) is 0.0909. The lowest BCUT2D eigenvalue weighted by molar-refractivity contribution is 1.53. The van der Waals surface area contributed by atoms with Crippen LogP contribution in [-0.4, -0.2) is 7.05 Å². The van der Waals surface area contributed by atoms with Crippen molar-refractivity contribution in [3.05, 3.63) is 36.4 Å². The summed E-state index contributed by atoms with van der Waals surface area (Å²) in [6, 6.07) is 12.1. The van der Waals surface area contributed by atoms with Crippen molar-refractivity contribution < 1.29 is 0 Å². The summed E-state index contributed by atoms with van der Waals surface area (Å²) in [4.78, 5) is 0. The predicted octanol–water partition coefficient (Wildman–Crippen LogP) is 2.46. The van der Waals surface area contributed by atoms with Crippen LogP contribution in [0.15, 0.2) is 36.4 Å². The zero-order valence-electron chi connectivity index (χ0n) is 7.54. The lowest BCUT2D eigenvalue weighted by Crippen LogP contribution is -1.89. The number of hydrogen-bond acceptors (Lipinski definition) is 2. The molecule has 13 heavy (non-hydrogen) atoms. The summed E-state index contributed by atoms with van der Waals surface area (Å²) < 4.78 is 0. The van der Waals surface area contributed by atoms with Crippen molar-refractivity contribution in [2.75, 3.05) is 18.1 Å². The lowest BCUT2D eigenvalue weighted by atomic mass is 10.1. The summed E-state index contributed by atoms with van der Waals surface area (Å²) >= 11 is 0. The Labute approximate surface area is 77.4 Å². The molecular weight excluding hydrogens is 160 g/mol. The fourth-order valence-electron chi connectivity index (χ4n) is 1.46. The summed E-state index contributed by atoms with van der Waals surface area (Å²) in [6.45, 7) is 0. The molecule has 0 amide bonds. The topological polar surface area (TPSA) is 38.0 Å². The average molecular weight is 172 g/mol. The van der Waals surface area contributed by atoms with Crippen LogP contribution in [0.1, 0.15) is 0 Å². The molecule has 2 aromatic rings. The predicted molar refractivity (Wildman–Crippen MR) is 57.9 cm³/mol. The van der Waals surface area contributed by atoms with Gasteiger partial charge in [-0.05, 0) is 23.6 Å². The van der Waals surface area contributed by atoms with Crippen molar-refractivity contribution >= 4 is 22.1 Å². The smallest absolute Gasteiger partial charge is 0.0393 e. The van der Waals surface area contributed by atoms with E-state index in [0.29, 0.717) is 0 Å². The third-order valence-corrected chi connectivity index (χ3v) is 2.20. The summed E-state index contributed by atoms with van der Waals surface area (Å²) in [5.74, 6) is 0. The Morgan fingerprint density at radius 3 is 2.77 bits per heavy atom. The minimum absolute atomic E-state index is 0.833. The molecule has 2 aromatic carbocycles. The van der Waals surface area contributed by atoms with Crippen LogP contribution in [0.5, 0.6) is 0 Å². The van der Waals surface area contributed by atoms with Gasteiger partial charge in [-0.2, -0.15) is 0 Å². The molecule has 2 heteroatoms. The number of nitrogens with one attached hydrogen (secondary N) is 1. The second kappa shape index (κ2) is 2.98. The van der Waals surface area contributed by atoms with Gasteiger partial charge in [0.1, 0.15) is 0 Å². The van der Waals surface area contributed by atoms with Gasteiger partial charge in [0.25, 0.3) is 0 Å². The summed E-state index contributed by atoms with van der Waals surface area (Å²) in [7, 11) is 1.91. The molecule has 0 aliphatic carbocycles. The number of benzene rings is 2. The minimum atomic E-state index is 0.833. The van der Waals surface area contributed by atoms with E-state index in [1.165, 1.54) is 5.39 Å². The third kappa shape index (κ3) is 1.31. The Hall–Kier alpha value is -1.70. The Morgan fingerprint density at radius 1 is 1.15 bits per heavy atom. The molecule has 0 heterocycles. The van der Waals surface area contributed by atoms with Crippen LogP contribution in [-0.2, 0) is 0 Å². The van der Waals surface area contributed by atoms with Crippen molar-refractivity contribution in [1.29, 1.82) is 0 Å². The van der Waals surface area contributed by atoms with Gasteiger partial charge >= 0.3 is 0 Å². The normalized spacial score (nSPS) is 10.2. The second-order valence-corrected chi connectivity index (χ2v) is 3.03. The van der Waals surface area contributed by atoms with Crippen LogP contribution in [0.2, 0.25) is 0 Å². The molecule has 0 aliphatic rings. The van der Waals surface area contributed by atoms with Crippen molar-refractivity contribution in [1.82, 2.24) is 0 Å². The molecule has 0 saturated heterocycles. The van der Waals surface area contributed by atoms with Crippen LogP contribution in [0, 0.1) is 0 Å². The van der Waals surface area contributed by atoms with Gasteiger partial charge in [0.05, 0.1) is 0 Å². The van der Waals surface area contributed by atoms with E-state index in [1.54, 1.807) is 0 Å². The molecule has 0 bridgehead atoms. The van der Waals surface area contributed by atoms with E-state index in [9.17, 15) is 0 Å². The van der Waals surface area contributed by atoms with Gasteiger partial charge in [-0.15, -0.1) is 0 Å². The molecular formula is C11H12N2. The lowest BCUT2D eigenvalue weighted by Gasteiger charge is -2.04. The SMILES string of the molecule is CNc1ccc2c(N)cccc2c1. The second-order valence-electron chi connectivity index (χ2n) is 3.03. The van der Waals surface area contributed by atoms with Crippen molar-refractivity contribution in [2.45, 2.75) is 0 Å². The molecule has 0 radical (unpaired) electrons. The minimum Gasteiger partial charge on any atom is -0.398 e. The van der Waals surface area contributed by atoms with E-state index in [1.807, 2.05) is 31.3 Å². The van der Waals surface area contributed by atoms with Crippen molar-refractivity contribution in [2.24, 2.45) is 0 Å². The zero-order valence-corrected chi connectivity index (χ0v) is 7.54. The van der Waals surface area contributed by atoms with E-state index >= 15 is 0 Å². The van der Waals surface area contributed by atoms with Gasteiger partial charge in [-0.1, -0.05) is 18.2 Å². The number of anilines is 2. The number of nitrogens with two attached hydrogens (primary N) is 1. The first kappa shape index (κ1) is 7.92. The maximum atomic E-state index is 5.83. The first-order chi connectivity index (χ1) is 6.31. The maximum Gasteiger partial charge on any atom is 0.0393 e. The molecule has 0 unspecified atom stereocenters. The standard InChI is InChI=1S/C11H12N2/c1-13-9-5-6-10-8(7-9)3-2-4-11(10)12/h2-7,13H,12H2,1H3. The van der Waals surface area contributed by atoms with E-state index in [0.717, 1.165) is 16.8 Å². The monoisotopic (exact) mass is 172 g/mol. The first-order valence-corrected chi connectivity index (χ1v) is 4.27. The Morgan fingerprint density at radius 2 is 2.00 bits per heavy atom. The molecule has 3 N–H and O–H groups in total. The highest BCUT2D eigenvalue weighted by Crippen LogP contribution is 2.23. The molecule has 0 saturated carbocycles. The van der Waals surface area contributed by atoms with Crippen molar-refractivity contribution in [3.63, 3.8) is 0 Å². The van der Waals surface area contributed by atoms with E-state index in [4.69, 9.17) is 5.73 Å². The van der Waals surface area contributed by atoms with Gasteiger partial charge in [-0.3, -0.25) is 0 Å². The van der Waals surface area contributed by atoms with Crippen LogP contribution >= 0.6 is 0 Å². The maximum absolute atomic E-state index is 5.83. The van der Waals surface area contributed by atoms with Crippen molar-refractivity contribution in [3.8, 4) is 0 Å². The molecule has 0 aliphatic heterocycles. The number of fused-ring (bicyclic) bond motifs is 1. The van der Waals surface area contributed by atoms with Gasteiger partial charge in [0, 0.05) is 23.8 Å². The molecule has 2 rings (SSSR count). The molecule has 2 nitrogen and oxygen atoms in total. The molecule has 0 aromatic heterocycles. The van der Waals surface area contributed by atoms with Gasteiger partial charge in [-0.25, -0.2) is 0 Å². The largest absolute Gasteiger partial charge is 0.398 e. The number of rotatable bonds is 1. The Kier molecular flexibility index (Phi) is 1.81. The summed E-state index contributed by atoms with van der Waals surface area (Å²) in [5, 5.41) is 5.38. The molecule has 66 valence electrons.